The van der Waals surface area contributed by atoms with Gasteiger partial charge in [-0.25, -0.2) is 4.79 Å². The van der Waals surface area contributed by atoms with Gasteiger partial charge in [0.15, 0.2) is 6.10 Å². The summed E-state index contributed by atoms with van der Waals surface area (Å²) in [6.45, 7) is 2.86. The first-order chi connectivity index (χ1) is 14.3. The van der Waals surface area contributed by atoms with Crippen molar-refractivity contribution >= 4 is 21.8 Å². The predicted molar refractivity (Wildman–Crippen MR) is 116 cm³/mol. The minimum Gasteiger partial charge on any atom is -0.464 e. The highest BCUT2D eigenvalue weighted by Crippen LogP contribution is 2.17. The van der Waals surface area contributed by atoms with Crippen LogP contribution in [0.25, 0.3) is 0 Å². The molecule has 0 heterocycles. The number of rotatable bonds is 12. The van der Waals surface area contributed by atoms with E-state index in [2.05, 4.69) is 5.32 Å². The number of benzene rings is 2. The van der Waals surface area contributed by atoms with Crippen molar-refractivity contribution in [3.63, 3.8) is 0 Å². The van der Waals surface area contributed by atoms with E-state index in [4.69, 9.17) is 13.7 Å². The van der Waals surface area contributed by atoms with Gasteiger partial charge in [-0.2, -0.15) is 8.42 Å². The fourth-order valence-electron chi connectivity index (χ4n) is 2.92. The van der Waals surface area contributed by atoms with E-state index in [1.807, 2.05) is 30.3 Å². The Morgan fingerprint density at radius 2 is 1.83 bits per heavy atom. The normalized spacial score (nSPS) is 12.2. The summed E-state index contributed by atoms with van der Waals surface area (Å²) in [6, 6.07) is 14.9. The van der Waals surface area contributed by atoms with Crippen LogP contribution >= 0.6 is 0 Å². The molecule has 0 unspecified atom stereocenters. The quantitative estimate of drug-likeness (QED) is 0.311. The van der Waals surface area contributed by atoms with Gasteiger partial charge in [0.2, 0.25) is 0 Å². The molecule has 0 saturated heterocycles. The van der Waals surface area contributed by atoms with Crippen molar-refractivity contribution in [1.82, 2.24) is 0 Å². The van der Waals surface area contributed by atoms with E-state index in [1.54, 1.807) is 25.1 Å². The molecule has 1 atom stereocenters. The fourth-order valence-corrected chi connectivity index (χ4v) is 3.38. The number of ether oxygens (including phenoxy) is 2. The van der Waals surface area contributed by atoms with Gasteiger partial charge in [-0.1, -0.05) is 24.3 Å². The highest BCUT2D eigenvalue weighted by molar-refractivity contribution is 7.86. The van der Waals surface area contributed by atoms with Crippen LogP contribution in [0.4, 0.5) is 5.69 Å². The number of esters is 1. The zero-order chi connectivity index (χ0) is 22.0. The van der Waals surface area contributed by atoms with Crippen LogP contribution in [0.2, 0.25) is 0 Å². The van der Waals surface area contributed by atoms with Crippen LogP contribution in [-0.2, 0) is 37.2 Å². The first-order valence-electron chi connectivity index (χ1n) is 9.81. The maximum absolute atomic E-state index is 11.8. The average Bonchev–Trinajstić information content (AvgIpc) is 2.69. The van der Waals surface area contributed by atoms with Crippen LogP contribution in [0.5, 0.6) is 5.75 Å². The molecule has 30 heavy (non-hydrogen) atoms. The second-order valence-electron chi connectivity index (χ2n) is 6.84. The molecule has 0 radical (unpaired) electrons. The van der Waals surface area contributed by atoms with Crippen LogP contribution in [0, 0.1) is 0 Å². The van der Waals surface area contributed by atoms with Gasteiger partial charge in [0.1, 0.15) is 5.75 Å². The molecular weight excluding hydrogens is 406 g/mol. The van der Waals surface area contributed by atoms with E-state index in [9.17, 15) is 13.2 Å². The number of hydrogen-bond acceptors (Lipinski definition) is 7. The van der Waals surface area contributed by atoms with Crippen molar-refractivity contribution in [1.29, 1.82) is 0 Å². The minimum atomic E-state index is -3.52. The lowest BCUT2D eigenvalue weighted by Crippen LogP contribution is -2.27. The third kappa shape index (κ3) is 8.42. The Balaban J connectivity index is 1.79. The van der Waals surface area contributed by atoms with Crippen molar-refractivity contribution in [3.8, 4) is 5.75 Å². The molecule has 0 aliphatic heterocycles. The van der Waals surface area contributed by atoms with E-state index >= 15 is 0 Å². The molecular formula is C22H29NO6S. The standard InChI is InChI=1S/C22H29NO6S/c1-4-28-22(24)21(27-2)16-18-10-12-19(13-11-18)23-14-6-8-17-7-5-9-20(15-17)29-30(3,25)26/h5,7,9-13,15,21,23H,4,6,8,14,16H2,1-3H3/t21-/m0/s1. The lowest BCUT2D eigenvalue weighted by atomic mass is 10.1. The molecule has 2 aromatic carbocycles. The van der Waals surface area contributed by atoms with Crippen LogP contribution in [0.1, 0.15) is 24.5 Å². The fraction of sp³-hybridized carbons (Fsp3) is 0.409. The van der Waals surface area contributed by atoms with E-state index in [0.29, 0.717) is 18.8 Å². The summed E-state index contributed by atoms with van der Waals surface area (Å²) < 4.78 is 37.6. The molecule has 0 aliphatic rings. The number of aryl methyl sites for hydroxylation is 1. The van der Waals surface area contributed by atoms with Gasteiger partial charge < -0.3 is 19.0 Å². The Morgan fingerprint density at radius 1 is 1.10 bits per heavy atom. The molecule has 0 aliphatic carbocycles. The van der Waals surface area contributed by atoms with Crippen molar-refractivity contribution in [2.24, 2.45) is 0 Å². The lowest BCUT2D eigenvalue weighted by molar-refractivity contribution is -0.154. The number of carbonyl (C=O) groups is 1. The Bertz CT molecular complexity index is 911. The van der Waals surface area contributed by atoms with Crippen molar-refractivity contribution in [2.45, 2.75) is 32.3 Å². The van der Waals surface area contributed by atoms with Gasteiger partial charge in [-0.15, -0.1) is 0 Å². The molecule has 8 heteroatoms. The van der Waals surface area contributed by atoms with Gasteiger partial charge in [0.05, 0.1) is 12.9 Å². The molecule has 0 amide bonds. The largest absolute Gasteiger partial charge is 0.464 e. The summed E-state index contributed by atoms with van der Waals surface area (Å²) >= 11 is 0. The number of anilines is 1. The smallest absolute Gasteiger partial charge is 0.335 e. The summed E-state index contributed by atoms with van der Waals surface area (Å²) in [6.07, 6.45) is 2.55. The van der Waals surface area contributed by atoms with E-state index < -0.39 is 16.2 Å². The molecule has 7 nitrogen and oxygen atoms in total. The second kappa shape index (κ2) is 11.6. The Labute approximate surface area is 178 Å². The molecule has 2 rings (SSSR count). The zero-order valence-corrected chi connectivity index (χ0v) is 18.4. The predicted octanol–water partition coefficient (Wildman–Crippen LogP) is 3.19. The molecule has 164 valence electrons. The van der Waals surface area contributed by atoms with Gasteiger partial charge in [-0.3, -0.25) is 0 Å². The van der Waals surface area contributed by atoms with Gasteiger partial charge in [0.25, 0.3) is 0 Å². The third-order valence-electron chi connectivity index (χ3n) is 4.33. The van der Waals surface area contributed by atoms with E-state index in [0.717, 1.165) is 42.5 Å². The Morgan fingerprint density at radius 3 is 2.47 bits per heavy atom. The molecule has 1 N–H and O–H groups in total. The summed E-state index contributed by atoms with van der Waals surface area (Å²) in [5, 5.41) is 3.36. The van der Waals surface area contributed by atoms with Crippen LogP contribution in [0.15, 0.2) is 48.5 Å². The van der Waals surface area contributed by atoms with Gasteiger partial charge >= 0.3 is 16.1 Å². The van der Waals surface area contributed by atoms with Crippen molar-refractivity contribution in [3.05, 3.63) is 59.7 Å². The topological polar surface area (TPSA) is 90.9 Å². The highest BCUT2D eigenvalue weighted by atomic mass is 32.2. The number of carbonyl (C=O) groups excluding carboxylic acids is 1. The number of nitrogens with one attached hydrogen (secondary N) is 1. The van der Waals surface area contributed by atoms with Crippen molar-refractivity contribution < 1.29 is 26.9 Å². The first kappa shape index (κ1) is 23.7. The summed E-state index contributed by atoms with van der Waals surface area (Å²) in [5.74, 6) is -0.0241. The van der Waals surface area contributed by atoms with E-state index in [-0.39, 0.29) is 5.97 Å². The number of hydrogen-bond donors (Lipinski definition) is 1. The van der Waals surface area contributed by atoms with Gasteiger partial charge in [0, 0.05) is 25.8 Å². The SMILES string of the molecule is CCOC(=O)[C@H](Cc1ccc(NCCCc2cccc(OS(C)(=O)=O)c2)cc1)OC. The Kier molecular flexibility index (Phi) is 9.14. The van der Waals surface area contributed by atoms with Crippen LogP contribution < -0.4 is 9.50 Å². The van der Waals surface area contributed by atoms with Crippen LogP contribution in [0.3, 0.4) is 0 Å². The molecule has 0 aromatic heterocycles. The van der Waals surface area contributed by atoms with Crippen LogP contribution in [-0.4, -0.2) is 47.0 Å². The minimum absolute atomic E-state index is 0.329. The zero-order valence-electron chi connectivity index (χ0n) is 17.6. The maximum atomic E-state index is 11.8. The Hall–Kier alpha value is -2.58. The second-order valence-corrected chi connectivity index (χ2v) is 8.42. The summed E-state index contributed by atoms with van der Waals surface area (Å²) in [7, 11) is -2.02. The lowest BCUT2D eigenvalue weighted by Gasteiger charge is -2.14. The third-order valence-corrected chi connectivity index (χ3v) is 4.82. The summed E-state index contributed by atoms with van der Waals surface area (Å²) in [5.41, 5.74) is 2.99. The molecule has 2 aromatic rings. The van der Waals surface area contributed by atoms with Crippen molar-refractivity contribution in [2.75, 3.05) is 31.8 Å². The molecule has 0 fully saturated rings. The number of methoxy groups -OCH3 is 1. The molecule has 0 bridgehead atoms. The molecule has 0 saturated carbocycles. The molecule has 0 spiro atoms. The average molecular weight is 436 g/mol. The monoisotopic (exact) mass is 435 g/mol. The van der Waals surface area contributed by atoms with E-state index in [1.165, 1.54) is 7.11 Å². The summed E-state index contributed by atoms with van der Waals surface area (Å²) in [4.78, 5) is 11.8. The highest BCUT2D eigenvalue weighted by Gasteiger charge is 2.19. The maximum Gasteiger partial charge on any atom is 0.335 e. The first-order valence-corrected chi connectivity index (χ1v) is 11.6. The van der Waals surface area contributed by atoms with Gasteiger partial charge in [-0.05, 0) is 55.2 Å².